The number of hydrogen-bond donors (Lipinski definition) is 2. The molecular formula is C15H11BrN2O4. The number of nitro groups is 1. The second-order valence-electron chi connectivity index (χ2n) is 5.10. The summed E-state index contributed by atoms with van der Waals surface area (Å²) < 4.78 is 0.795. The number of hydrogen-bond acceptors (Lipinski definition) is 5. The van der Waals surface area contributed by atoms with E-state index in [0.29, 0.717) is 5.56 Å². The third-order valence-corrected chi connectivity index (χ3v) is 4.46. The maximum atomic E-state index is 12.7. The Morgan fingerprint density at radius 2 is 1.86 bits per heavy atom. The van der Waals surface area contributed by atoms with E-state index in [9.17, 15) is 20.0 Å². The van der Waals surface area contributed by atoms with E-state index in [1.807, 2.05) is 0 Å². The van der Waals surface area contributed by atoms with Crippen molar-refractivity contribution in [1.29, 1.82) is 0 Å². The van der Waals surface area contributed by atoms with Crippen molar-refractivity contribution < 1.29 is 14.8 Å². The Labute approximate surface area is 133 Å². The van der Waals surface area contributed by atoms with Gasteiger partial charge in [-0.1, -0.05) is 40.2 Å². The van der Waals surface area contributed by atoms with Crippen LogP contribution in [0.5, 0.6) is 0 Å². The number of halogens is 1. The van der Waals surface area contributed by atoms with E-state index in [0.717, 1.165) is 4.47 Å². The summed E-state index contributed by atoms with van der Waals surface area (Å²) in [5.41, 5.74) is 4.64. The van der Waals surface area contributed by atoms with Crippen LogP contribution in [0.3, 0.4) is 0 Å². The maximum Gasteiger partial charge on any atom is 0.276 e. The van der Waals surface area contributed by atoms with Gasteiger partial charge in [-0.05, 0) is 17.7 Å². The van der Waals surface area contributed by atoms with Crippen molar-refractivity contribution in [3.8, 4) is 0 Å². The average Bonchev–Trinajstić information content (AvgIpc) is 2.70. The van der Waals surface area contributed by atoms with E-state index >= 15 is 0 Å². The first-order valence-electron chi connectivity index (χ1n) is 6.42. The van der Waals surface area contributed by atoms with E-state index in [1.165, 1.54) is 18.2 Å². The van der Waals surface area contributed by atoms with Gasteiger partial charge in [0.2, 0.25) is 0 Å². The minimum Gasteiger partial charge on any atom is -0.385 e. The van der Waals surface area contributed by atoms with Crippen molar-refractivity contribution in [2.24, 2.45) is 5.73 Å². The monoisotopic (exact) mass is 362 g/mol. The summed E-state index contributed by atoms with van der Waals surface area (Å²) in [7, 11) is 0. The van der Waals surface area contributed by atoms with Gasteiger partial charge in [0.25, 0.3) is 5.69 Å². The molecule has 2 unspecified atom stereocenters. The predicted molar refractivity (Wildman–Crippen MR) is 82.4 cm³/mol. The maximum absolute atomic E-state index is 12.7. The predicted octanol–water partition coefficient (Wildman–Crippen LogP) is 2.44. The van der Waals surface area contributed by atoms with Gasteiger partial charge < -0.3 is 10.8 Å². The highest BCUT2D eigenvalue weighted by Gasteiger charge is 2.53. The molecular weight excluding hydrogens is 352 g/mol. The van der Waals surface area contributed by atoms with Crippen LogP contribution in [0, 0.1) is 10.1 Å². The Morgan fingerprint density at radius 1 is 1.23 bits per heavy atom. The summed E-state index contributed by atoms with van der Waals surface area (Å²) in [6, 6.07) is 10.7. The van der Waals surface area contributed by atoms with Crippen LogP contribution in [0.25, 0.3) is 0 Å². The van der Waals surface area contributed by atoms with Gasteiger partial charge in [0.05, 0.1) is 10.5 Å². The molecule has 0 radical (unpaired) electrons. The molecule has 7 heteroatoms. The van der Waals surface area contributed by atoms with Gasteiger partial charge >= 0.3 is 0 Å². The highest BCUT2D eigenvalue weighted by Crippen LogP contribution is 2.47. The summed E-state index contributed by atoms with van der Waals surface area (Å²) in [6.07, 6.45) is -1.47. The zero-order chi connectivity index (χ0) is 16.1. The van der Waals surface area contributed by atoms with Crippen LogP contribution in [-0.2, 0) is 5.54 Å². The average molecular weight is 363 g/mol. The Bertz CT molecular complexity index is 791. The molecule has 0 saturated heterocycles. The van der Waals surface area contributed by atoms with Crippen molar-refractivity contribution >= 4 is 27.4 Å². The number of nitrogens with zero attached hydrogens (tertiary/aromatic N) is 1. The Hall–Kier alpha value is -2.09. The molecule has 22 heavy (non-hydrogen) atoms. The Morgan fingerprint density at radius 3 is 2.45 bits per heavy atom. The lowest BCUT2D eigenvalue weighted by Gasteiger charge is -2.27. The van der Waals surface area contributed by atoms with Gasteiger partial charge in [-0.3, -0.25) is 14.9 Å². The van der Waals surface area contributed by atoms with Crippen molar-refractivity contribution in [2.45, 2.75) is 11.6 Å². The third kappa shape index (κ3) is 1.90. The molecule has 0 aliphatic heterocycles. The van der Waals surface area contributed by atoms with Crippen LogP contribution < -0.4 is 5.73 Å². The Balaban J connectivity index is 2.22. The van der Waals surface area contributed by atoms with Crippen LogP contribution in [0.2, 0.25) is 0 Å². The lowest BCUT2D eigenvalue weighted by Crippen LogP contribution is -2.45. The van der Waals surface area contributed by atoms with E-state index < -0.39 is 22.3 Å². The van der Waals surface area contributed by atoms with E-state index in [1.54, 1.807) is 24.3 Å². The zero-order valence-corrected chi connectivity index (χ0v) is 12.8. The highest BCUT2D eigenvalue weighted by molar-refractivity contribution is 9.10. The van der Waals surface area contributed by atoms with E-state index in [-0.39, 0.29) is 16.8 Å². The van der Waals surface area contributed by atoms with Crippen molar-refractivity contribution in [3.05, 3.63) is 73.7 Å². The number of aliphatic hydroxyl groups excluding tert-OH is 1. The quantitative estimate of drug-likeness (QED) is 0.630. The molecule has 0 amide bonds. The number of fused-ring (bicyclic) bond motifs is 1. The summed E-state index contributed by atoms with van der Waals surface area (Å²) in [5, 5.41) is 21.7. The van der Waals surface area contributed by atoms with Gasteiger partial charge in [-0.25, -0.2) is 0 Å². The lowest BCUT2D eigenvalue weighted by atomic mass is 9.85. The standard InChI is InChI=1S/C15H11BrN2O4/c16-9-6-4-8(5-7-9)15(17)13(19)10-2-1-3-11(18(21)22)12(10)14(15)20/h1-7,14,20H,17H2. The summed E-state index contributed by atoms with van der Waals surface area (Å²) >= 11 is 3.28. The van der Waals surface area contributed by atoms with E-state index in [4.69, 9.17) is 5.73 Å². The van der Waals surface area contributed by atoms with Gasteiger partial charge in [0.1, 0.15) is 11.6 Å². The highest BCUT2D eigenvalue weighted by atomic mass is 79.9. The molecule has 1 aliphatic rings. The zero-order valence-electron chi connectivity index (χ0n) is 11.2. The fourth-order valence-electron chi connectivity index (χ4n) is 2.79. The minimum atomic E-state index is -1.73. The first kappa shape index (κ1) is 14.8. The van der Waals surface area contributed by atoms with Gasteiger partial charge in [-0.15, -0.1) is 0 Å². The third-order valence-electron chi connectivity index (χ3n) is 3.93. The molecule has 0 saturated carbocycles. The second kappa shape index (κ2) is 4.98. The number of rotatable bonds is 2. The largest absolute Gasteiger partial charge is 0.385 e. The van der Waals surface area contributed by atoms with Crippen LogP contribution in [0.4, 0.5) is 5.69 Å². The molecule has 3 rings (SSSR count). The normalized spacial score (nSPS) is 23.4. The van der Waals surface area contributed by atoms with Gasteiger partial charge in [-0.2, -0.15) is 0 Å². The van der Waals surface area contributed by atoms with Crippen LogP contribution in [0.1, 0.15) is 27.6 Å². The molecule has 2 aromatic rings. The lowest BCUT2D eigenvalue weighted by molar-refractivity contribution is -0.386. The number of nitrogens with two attached hydrogens (primary N) is 1. The number of carbonyl (C=O) groups excluding carboxylic acids is 1. The number of nitro benzene ring substituents is 1. The SMILES string of the molecule is NC1(c2ccc(Br)cc2)C(=O)c2cccc([N+](=O)[O-])c2C1O. The van der Waals surface area contributed by atoms with Crippen LogP contribution in [0.15, 0.2) is 46.9 Å². The number of ketones is 1. The van der Waals surface area contributed by atoms with Crippen molar-refractivity contribution in [2.75, 3.05) is 0 Å². The van der Waals surface area contributed by atoms with Gasteiger partial charge in [0.15, 0.2) is 5.78 Å². The molecule has 2 aromatic carbocycles. The molecule has 3 N–H and O–H groups in total. The first-order valence-corrected chi connectivity index (χ1v) is 7.21. The van der Waals surface area contributed by atoms with Crippen molar-refractivity contribution in [1.82, 2.24) is 0 Å². The molecule has 6 nitrogen and oxygen atoms in total. The molecule has 0 bridgehead atoms. The number of Topliss-reactive ketones (excluding diaryl/α,β-unsaturated/α-hetero) is 1. The summed E-state index contributed by atoms with van der Waals surface area (Å²) in [4.78, 5) is 23.2. The number of carbonyl (C=O) groups is 1. The summed E-state index contributed by atoms with van der Waals surface area (Å²) in [6.45, 7) is 0. The number of aliphatic hydroxyl groups is 1. The minimum absolute atomic E-state index is 0.0251. The molecule has 0 aromatic heterocycles. The van der Waals surface area contributed by atoms with Crippen LogP contribution in [-0.4, -0.2) is 15.8 Å². The fourth-order valence-corrected chi connectivity index (χ4v) is 3.05. The molecule has 2 atom stereocenters. The van der Waals surface area contributed by atoms with Crippen molar-refractivity contribution in [3.63, 3.8) is 0 Å². The Kier molecular flexibility index (Phi) is 3.36. The smallest absolute Gasteiger partial charge is 0.276 e. The topological polar surface area (TPSA) is 106 Å². The molecule has 0 fully saturated rings. The first-order chi connectivity index (χ1) is 10.4. The summed E-state index contributed by atoms with van der Waals surface area (Å²) in [5.74, 6) is -0.527. The molecule has 112 valence electrons. The van der Waals surface area contributed by atoms with E-state index in [2.05, 4.69) is 15.9 Å². The molecule has 0 heterocycles. The number of benzene rings is 2. The molecule has 1 aliphatic carbocycles. The molecule has 0 spiro atoms. The fraction of sp³-hybridized carbons (Fsp3) is 0.133. The van der Waals surface area contributed by atoms with Gasteiger partial charge in [0, 0.05) is 16.1 Å². The van der Waals surface area contributed by atoms with Crippen LogP contribution >= 0.6 is 15.9 Å². The second-order valence-corrected chi connectivity index (χ2v) is 6.02.